The highest BCUT2D eigenvalue weighted by Crippen LogP contribution is 2.40. The van der Waals surface area contributed by atoms with Crippen molar-refractivity contribution in [3.05, 3.63) is 47.5 Å². The fourth-order valence-corrected chi connectivity index (χ4v) is 4.24. The van der Waals surface area contributed by atoms with Crippen molar-refractivity contribution < 1.29 is 4.21 Å². The molecule has 1 fully saturated rings. The van der Waals surface area contributed by atoms with E-state index in [1.165, 1.54) is 5.56 Å². The van der Waals surface area contributed by atoms with Gasteiger partial charge in [0, 0.05) is 17.1 Å². The number of nitrogens with zero attached hydrogens (tertiary/aromatic N) is 1. The Hall–Kier alpha value is -0.640. The van der Waals surface area contributed by atoms with Crippen LogP contribution in [0.25, 0.3) is 0 Å². The summed E-state index contributed by atoms with van der Waals surface area (Å²) in [4.78, 5) is 0. The summed E-state index contributed by atoms with van der Waals surface area (Å²) in [5, 5.41) is 0.732. The van der Waals surface area contributed by atoms with Gasteiger partial charge in [0.1, 0.15) is 11.0 Å². The largest absolute Gasteiger partial charge is 0.242 e. The molecule has 3 atom stereocenters. The van der Waals surface area contributed by atoms with Gasteiger partial charge in [-0.15, -0.1) is 6.58 Å². The lowest BCUT2D eigenvalue weighted by Crippen LogP contribution is -2.41. The second-order valence-corrected chi connectivity index (χ2v) is 8.75. The zero-order valence-corrected chi connectivity index (χ0v) is 13.9. The highest BCUT2D eigenvalue weighted by Gasteiger charge is 2.40. The molecule has 0 saturated carbocycles. The van der Waals surface area contributed by atoms with Crippen LogP contribution in [-0.4, -0.2) is 19.3 Å². The molecule has 1 saturated heterocycles. The van der Waals surface area contributed by atoms with Crippen molar-refractivity contribution >= 4 is 22.6 Å². The van der Waals surface area contributed by atoms with Gasteiger partial charge in [0.05, 0.1) is 4.75 Å². The Morgan fingerprint density at radius 1 is 1.30 bits per heavy atom. The zero-order chi connectivity index (χ0) is 14.9. The number of hydrogen-bond acceptors (Lipinski definition) is 1. The Bertz CT molecular complexity index is 506. The van der Waals surface area contributed by atoms with Crippen LogP contribution >= 0.6 is 11.6 Å². The van der Waals surface area contributed by atoms with Gasteiger partial charge >= 0.3 is 0 Å². The zero-order valence-electron chi connectivity index (χ0n) is 12.3. The van der Waals surface area contributed by atoms with E-state index in [0.717, 1.165) is 17.9 Å². The molecule has 1 aromatic rings. The number of rotatable bonds is 3. The summed E-state index contributed by atoms with van der Waals surface area (Å²) >= 11 is 5.96. The van der Waals surface area contributed by atoms with Gasteiger partial charge in [0.25, 0.3) is 0 Å². The highest BCUT2D eigenvalue weighted by molar-refractivity contribution is 7.84. The summed E-state index contributed by atoms with van der Waals surface area (Å²) in [7, 11) is -1.05. The standard InChI is InChI=1S/C16H22ClNOS/c1-5-14-10-11-15(12-6-8-13(17)9-7-12)18(14)20(19)16(2,3)4/h5-9,14-15H,1,10-11H2,2-4H3/t14-,15-,20?/m1/s1. The van der Waals surface area contributed by atoms with E-state index in [1.807, 2.05) is 51.1 Å². The monoisotopic (exact) mass is 311 g/mol. The van der Waals surface area contributed by atoms with Crippen molar-refractivity contribution in [2.75, 3.05) is 0 Å². The van der Waals surface area contributed by atoms with Gasteiger partial charge < -0.3 is 0 Å². The summed E-state index contributed by atoms with van der Waals surface area (Å²) < 4.78 is 14.7. The van der Waals surface area contributed by atoms with Crippen molar-refractivity contribution in [2.24, 2.45) is 0 Å². The maximum atomic E-state index is 12.9. The van der Waals surface area contributed by atoms with E-state index in [9.17, 15) is 4.21 Å². The van der Waals surface area contributed by atoms with Gasteiger partial charge in [-0.25, -0.2) is 8.51 Å². The number of benzene rings is 1. The second-order valence-electron chi connectivity index (χ2n) is 6.17. The molecule has 4 heteroatoms. The van der Waals surface area contributed by atoms with Gasteiger partial charge in [-0.05, 0) is 51.3 Å². The third kappa shape index (κ3) is 3.16. The SMILES string of the molecule is C=C[C@@H]1CC[C@H](c2ccc(Cl)cc2)N1S(=O)C(C)(C)C. The lowest BCUT2D eigenvalue weighted by atomic mass is 10.1. The van der Waals surface area contributed by atoms with Gasteiger partial charge in [0.2, 0.25) is 0 Å². The van der Waals surface area contributed by atoms with Crippen molar-refractivity contribution in [1.29, 1.82) is 0 Å². The van der Waals surface area contributed by atoms with E-state index in [2.05, 4.69) is 10.9 Å². The van der Waals surface area contributed by atoms with E-state index < -0.39 is 11.0 Å². The molecule has 2 rings (SSSR count). The fraction of sp³-hybridized carbons (Fsp3) is 0.500. The molecular weight excluding hydrogens is 290 g/mol. The van der Waals surface area contributed by atoms with Crippen LogP contribution in [-0.2, 0) is 11.0 Å². The van der Waals surface area contributed by atoms with Gasteiger partial charge in [0.15, 0.2) is 0 Å². The van der Waals surface area contributed by atoms with Gasteiger partial charge in [-0.2, -0.15) is 0 Å². The summed E-state index contributed by atoms with van der Waals surface area (Å²) in [5.74, 6) is 0. The molecule has 20 heavy (non-hydrogen) atoms. The van der Waals surface area contributed by atoms with Crippen molar-refractivity contribution in [2.45, 2.75) is 50.4 Å². The van der Waals surface area contributed by atoms with Crippen LogP contribution in [0.3, 0.4) is 0 Å². The minimum Gasteiger partial charge on any atom is -0.242 e. The molecule has 1 aliphatic heterocycles. The Kier molecular flexibility index (Phi) is 4.73. The molecule has 2 nitrogen and oxygen atoms in total. The Morgan fingerprint density at radius 3 is 2.40 bits per heavy atom. The first-order valence-electron chi connectivity index (χ1n) is 6.93. The molecule has 1 aromatic carbocycles. The van der Waals surface area contributed by atoms with Crippen molar-refractivity contribution in [1.82, 2.24) is 4.31 Å². The molecule has 0 N–H and O–H groups in total. The van der Waals surface area contributed by atoms with Crippen LogP contribution in [0, 0.1) is 0 Å². The van der Waals surface area contributed by atoms with Crippen LogP contribution in [0.1, 0.15) is 45.2 Å². The number of hydrogen-bond donors (Lipinski definition) is 0. The van der Waals surface area contributed by atoms with Crippen LogP contribution < -0.4 is 0 Å². The third-order valence-corrected chi connectivity index (χ3v) is 5.82. The second kappa shape index (κ2) is 6.00. The summed E-state index contributed by atoms with van der Waals surface area (Å²) in [6.45, 7) is 9.95. The van der Waals surface area contributed by atoms with Crippen LogP contribution in [0.15, 0.2) is 36.9 Å². The van der Waals surface area contributed by atoms with Crippen molar-refractivity contribution in [3.63, 3.8) is 0 Å². The fourth-order valence-electron chi connectivity index (χ4n) is 2.59. The number of halogens is 1. The molecule has 1 aliphatic rings. The molecule has 110 valence electrons. The van der Waals surface area contributed by atoms with E-state index in [-0.39, 0.29) is 16.8 Å². The van der Waals surface area contributed by atoms with Crippen LogP contribution in [0.4, 0.5) is 0 Å². The van der Waals surface area contributed by atoms with Crippen molar-refractivity contribution in [3.8, 4) is 0 Å². The highest BCUT2D eigenvalue weighted by atomic mass is 35.5. The summed E-state index contributed by atoms with van der Waals surface area (Å²) in [6, 6.07) is 8.22. The Labute approximate surface area is 129 Å². The molecule has 0 aromatic heterocycles. The quantitative estimate of drug-likeness (QED) is 0.753. The normalized spacial score (nSPS) is 25.6. The average Bonchev–Trinajstić information content (AvgIpc) is 2.81. The Morgan fingerprint density at radius 2 is 1.90 bits per heavy atom. The van der Waals surface area contributed by atoms with E-state index in [4.69, 9.17) is 11.6 Å². The molecular formula is C16H22ClNOS. The smallest absolute Gasteiger partial charge is 0.101 e. The third-order valence-electron chi connectivity index (χ3n) is 3.61. The van der Waals surface area contributed by atoms with Gasteiger partial charge in [-0.3, -0.25) is 0 Å². The molecule has 1 heterocycles. The summed E-state index contributed by atoms with van der Waals surface area (Å²) in [5.41, 5.74) is 1.18. The van der Waals surface area contributed by atoms with E-state index in [0.29, 0.717) is 0 Å². The topological polar surface area (TPSA) is 20.3 Å². The molecule has 0 spiro atoms. The Balaban J connectivity index is 2.34. The first-order valence-corrected chi connectivity index (χ1v) is 8.41. The molecule has 0 aliphatic carbocycles. The van der Waals surface area contributed by atoms with Crippen LogP contribution in [0.2, 0.25) is 5.02 Å². The van der Waals surface area contributed by atoms with Crippen LogP contribution in [0.5, 0.6) is 0 Å². The molecule has 1 unspecified atom stereocenters. The first-order chi connectivity index (χ1) is 9.34. The molecule has 0 amide bonds. The summed E-state index contributed by atoms with van der Waals surface area (Å²) in [6.07, 6.45) is 3.91. The first kappa shape index (κ1) is 15.7. The average molecular weight is 312 g/mol. The molecule has 0 bridgehead atoms. The predicted molar refractivity (Wildman–Crippen MR) is 87.1 cm³/mol. The molecule has 0 radical (unpaired) electrons. The minimum absolute atomic E-state index is 0.176. The maximum absolute atomic E-state index is 12.9. The predicted octanol–water partition coefficient (Wildman–Crippen LogP) is 4.49. The van der Waals surface area contributed by atoms with E-state index in [1.54, 1.807) is 0 Å². The van der Waals surface area contributed by atoms with E-state index >= 15 is 0 Å². The minimum atomic E-state index is -1.05. The lowest BCUT2D eigenvalue weighted by Gasteiger charge is -2.33. The lowest BCUT2D eigenvalue weighted by molar-refractivity contribution is 0.375. The maximum Gasteiger partial charge on any atom is 0.101 e. The van der Waals surface area contributed by atoms with Gasteiger partial charge in [-0.1, -0.05) is 29.8 Å².